The Hall–Kier alpha value is -4.68. The molecule has 0 amide bonds. The van der Waals surface area contributed by atoms with Crippen LogP contribution in [-0.4, -0.2) is 0 Å². The fraction of sp³-hybridized carbons (Fsp3) is 0. The molecule has 0 aliphatic heterocycles. The molecule has 36 heavy (non-hydrogen) atoms. The van der Waals surface area contributed by atoms with Gasteiger partial charge in [0.15, 0.2) is 0 Å². The summed E-state index contributed by atoms with van der Waals surface area (Å²) in [6.07, 6.45) is 0. The molecule has 11 aromatic carbocycles. The van der Waals surface area contributed by atoms with Crippen molar-refractivity contribution >= 4 is 108 Å². The van der Waals surface area contributed by atoms with Crippen LogP contribution in [0.25, 0.3) is 108 Å². The van der Waals surface area contributed by atoms with Gasteiger partial charge in [-0.25, -0.2) is 0 Å². The van der Waals surface area contributed by atoms with Gasteiger partial charge in [0.25, 0.3) is 0 Å². The summed E-state index contributed by atoms with van der Waals surface area (Å²) in [4.78, 5) is 0. The molecule has 0 N–H and O–H groups in total. The normalized spacial score (nSPS) is 13.6. The first kappa shape index (κ1) is 16.9. The van der Waals surface area contributed by atoms with Gasteiger partial charge in [0, 0.05) is 0 Å². The van der Waals surface area contributed by atoms with Gasteiger partial charge >= 0.3 is 0 Å². The molecule has 0 saturated heterocycles. The van der Waals surface area contributed by atoms with E-state index in [1.807, 2.05) is 0 Å². The Morgan fingerprint density at radius 1 is 0.222 bits per heavy atom. The third-order valence-corrected chi connectivity index (χ3v) is 9.31. The van der Waals surface area contributed by atoms with E-state index < -0.39 is 0 Å². The molecule has 0 unspecified atom stereocenters. The van der Waals surface area contributed by atoms with Crippen LogP contribution in [0.2, 0.25) is 0 Å². The Morgan fingerprint density at radius 2 is 0.667 bits per heavy atom. The van der Waals surface area contributed by atoms with Crippen LogP contribution in [-0.2, 0) is 0 Å². The molecule has 0 saturated carbocycles. The smallest absolute Gasteiger partial charge is 0.0000487 e. The molecule has 160 valence electrons. The second-order valence-corrected chi connectivity index (χ2v) is 10.8. The molecule has 0 heteroatoms. The van der Waals surface area contributed by atoms with Crippen LogP contribution in [0.15, 0.2) is 97.1 Å². The summed E-state index contributed by atoms with van der Waals surface area (Å²) in [6.45, 7) is 0. The van der Waals surface area contributed by atoms with Crippen molar-refractivity contribution in [3.05, 3.63) is 97.1 Å². The van der Waals surface area contributed by atoms with Crippen molar-refractivity contribution in [2.75, 3.05) is 0 Å². The third kappa shape index (κ3) is 1.55. The second kappa shape index (κ2) is 5.12. The molecule has 0 aromatic heterocycles. The van der Waals surface area contributed by atoms with Gasteiger partial charge in [0.05, 0.1) is 0 Å². The number of hydrogen-bond donors (Lipinski definition) is 0. The summed E-state index contributed by atoms with van der Waals surface area (Å²) in [7, 11) is 0. The minimum Gasteiger partial charge on any atom is -0.0610 e. The van der Waals surface area contributed by atoms with E-state index in [0.717, 1.165) is 0 Å². The van der Waals surface area contributed by atoms with E-state index in [-0.39, 0.29) is 0 Å². The molecule has 0 spiro atoms. The Kier molecular flexibility index (Phi) is 2.40. The van der Waals surface area contributed by atoms with E-state index >= 15 is 0 Å². The summed E-state index contributed by atoms with van der Waals surface area (Å²) in [5, 5.41) is 28.1. The zero-order chi connectivity index (χ0) is 22.9. The standard InChI is InChI=1S/C36H16/c1-5-18-14-21-10-11-22-15-19-7-3-8-23-25-13-12-17-4-2-9-24-26-16-20(6-1)27(18)34-30(21)31(22)35(29(19)23)36(33(26)34)32(25)28(17)24/h1-16H. The highest BCUT2D eigenvalue weighted by atomic mass is 14.3. The van der Waals surface area contributed by atoms with E-state index in [1.54, 1.807) is 0 Å². The highest BCUT2D eigenvalue weighted by Gasteiger charge is 2.26. The van der Waals surface area contributed by atoms with Crippen molar-refractivity contribution in [1.29, 1.82) is 0 Å². The second-order valence-electron chi connectivity index (χ2n) is 10.8. The van der Waals surface area contributed by atoms with Gasteiger partial charge < -0.3 is 0 Å². The van der Waals surface area contributed by atoms with Crippen molar-refractivity contribution in [3.63, 3.8) is 0 Å². The average molecular weight is 449 g/mol. The molecular formula is C36H16. The van der Waals surface area contributed by atoms with Crippen LogP contribution in [0, 0.1) is 0 Å². The maximum absolute atomic E-state index is 2.47. The maximum Gasteiger partial charge on any atom is -0.0000487 e. The molecule has 11 rings (SSSR count). The van der Waals surface area contributed by atoms with Crippen LogP contribution < -0.4 is 0 Å². The van der Waals surface area contributed by atoms with Gasteiger partial charge in [-0.3, -0.25) is 0 Å². The Labute approximate surface area is 204 Å². The SMILES string of the molecule is c1cc2cc3ccc4cc5cccc6c7ccc8cccc9c%10cc(c1)c2c1c3c4c(c56)c(c7c89)c%101. The zero-order valence-electron chi connectivity index (χ0n) is 19.2. The first-order valence-electron chi connectivity index (χ1n) is 12.8. The third-order valence-electron chi connectivity index (χ3n) is 9.31. The highest BCUT2D eigenvalue weighted by molar-refractivity contribution is 6.55. The molecule has 0 heterocycles. The van der Waals surface area contributed by atoms with Crippen LogP contribution in [0.3, 0.4) is 0 Å². The topological polar surface area (TPSA) is 0 Å². The lowest BCUT2D eigenvalue weighted by atomic mass is 9.76. The largest absolute Gasteiger partial charge is 0.0610 e. The molecule has 0 fully saturated rings. The van der Waals surface area contributed by atoms with Crippen LogP contribution in [0.4, 0.5) is 0 Å². The summed E-state index contributed by atoms with van der Waals surface area (Å²) < 4.78 is 0. The number of benzene rings is 11. The molecule has 0 aliphatic carbocycles. The zero-order valence-corrected chi connectivity index (χ0v) is 19.2. The lowest BCUT2D eigenvalue weighted by Gasteiger charge is -2.26. The molecule has 0 aliphatic rings. The van der Waals surface area contributed by atoms with Crippen LogP contribution in [0.1, 0.15) is 0 Å². The van der Waals surface area contributed by atoms with Crippen molar-refractivity contribution in [2.24, 2.45) is 0 Å². The van der Waals surface area contributed by atoms with E-state index in [2.05, 4.69) is 97.1 Å². The lowest BCUT2D eigenvalue weighted by molar-refractivity contribution is 1.81. The van der Waals surface area contributed by atoms with Gasteiger partial charge in [-0.1, -0.05) is 78.9 Å². The summed E-state index contributed by atoms with van der Waals surface area (Å²) in [5.41, 5.74) is 0. The van der Waals surface area contributed by atoms with Crippen LogP contribution >= 0.6 is 0 Å². The maximum atomic E-state index is 2.47. The van der Waals surface area contributed by atoms with Crippen LogP contribution in [0.5, 0.6) is 0 Å². The minimum absolute atomic E-state index is 1.34. The predicted molar refractivity (Wildman–Crippen MR) is 157 cm³/mol. The average Bonchev–Trinajstić information content (AvgIpc) is 2.92. The molecular weight excluding hydrogens is 432 g/mol. The fourth-order valence-electron chi connectivity index (χ4n) is 8.11. The van der Waals surface area contributed by atoms with Gasteiger partial charge in [-0.05, 0) is 126 Å². The van der Waals surface area contributed by atoms with E-state index in [1.165, 1.54) is 108 Å². The summed E-state index contributed by atoms with van der Waals surface area (Å²) in [6, 6.07) is 37.3. The Balaban J connectivity index is 1.73. The quantitative estimate of drug-likeness (QED) is 0.160. The molecule has 11 aromatic rings. The number of fused-ring (bicyclic) bond motifs is 2. The van der Waals surface area contributed by atoms with Crippen molar-refractivity contribution in [1.82, 2.24) is 0 Å². The first-order valence-corrected chi connectivity index (χ1v) is 12.8. The number of hydrogen-bond acceptors (Lipinski definition) is 0. The predicted octanol–water partition coefficient (Wildman–Crippen LogP) is 10.4. The lowest BCUT2D eigenvalue weighted by Crippen LogP contribution is -1.97. The van der Waals surface area contributed by atoms with Gasteiger partial charge in [0.1, 0.15) is 0 Å². The first-order chi connectivity index (χ1) is 17.9. The van der Waals surface area contributed by atoms with E-state index in [0.29, 0.717) is 0 Å². The summed E-state index contributed by atoms with van der Waals surface area (Å²) >= 11 is 0. The Morgan fingerprint density at radius 3 is 1.44 bits per heavy atom. The molecule has 0 radical (unpaired) electrons. The van der Waals surface area contributed by atoms with Crippen molar-refractivity contribution in [3.8, 4) is 0 Å². The fourth-order valence-corrected chi connectivity index (χ4v) is 8.11. The van der Waals surface area contributed by atoms with Crippen molar-refractivity contribution < 1.29 is 0 Å². The molecule has 0 atom stereocenters. The van der Waals surface area contributed by atoms with Gasteiger partial charge in [-0.2, -0.15) is 0 Å². The summed E-state index contributed by atoms with van der Waals surface area (Å²) in [5.74, 6) is 0. The highest BCUT2D eigenvalue weighted by Crippen LogP contribution is 2.55. The monoisotopic (exact) mass is 448 g/mol. The molecule has 0 nitrogen and oxygen atoms in total. The van der Waals surface area contributed by atoms with Gasteiger partial charge in [-0.15, -0.1) is 0 Å². The van der Waals surface area contributed by atoms with E-state index in [9.17, 15) is 0 Å². The Bertz CT molecular complexity index is 2670. The van der Waals surface area contributed by atoms with Crippen molar-refractivity contribution in [2.45, 2.75) is 0 Å². The minimum atomic E-state index is 1.34. The molecule has 0 bridgehead atoms. The number of rotatable bonds is 0. The van der Waals surface area contributed by atoms with E-state index in [4.69, 9.17) is 0 Å². The van der Waals surface area contributed by atoms with Gasteiger partial charge in [0.2, 0.25) is 0 Å².